The number of alkyl halides is 1. The molecule has 1 atom stereocenters. The van der Waals surface area contributed by atoms with E-state index in [-0.39, 0.29) is 0 Å². The first-order valence-electron chi connectivity index (χ1n) is 5.23. The predicted molar refractivity (Wildman–Crippen MR) is 59.1 cm³/mol. The highest BCUT2D eigenvalue weighted by Gasteiger charge is 2.26. The lowest BCUT2D eigenvalue weighted by atomic mass is 10.3. The third-order valence-corrected chi connectivity index (χ3v) is 2.84. The van der Waals surface area contributed by atoms with Crippen LogP contribution in [0.2, 0.25) is 0 Å². The van der Waals surface area contributed by atoms with Crippen LogP contribution in [0.3, 0.4) is 0 Å². The number of aromatic nitrogens is 3. The molecule has 1 fully saturated rings. The summed E-state index contributed by atoms with van der Waals surface area (Å²) in [5.41, 5.74) is 7.10. The zero-order chi connectivity index (χ0) is 11.1. The minimum atomic E-state index is -0.780. The monoisotopic (exact) mass is 221 g/mol. The molecular formula is C10H12FN5. The Kier molecular flexibility index (Phi) is 1.95. The van der Waals surface area contributed by atoms with Gasteiger partial charge in [0.2, 0.25) is 0 Å². The summed E-state index contributed by atoms with van der Waals surface area (Å²) in [6.07, 6.45) is 3.21. The molecule has 0 aliphatic carbocycles. The highest BCUT2D eigenvalue weighted by Crippen LogP contribution is 2.28. The molecule has 0 radical (unpaired) electrons. The van der Waals surface area contributed by atoms with Gasteiger partial charge in [-0.1, -0.05) is 0 Å². The first-order valence-corrected chi connectivity index (χ1v) is 5.23. The number of rotatable bonds is 1. The lowest BCUT2D eigenvalue weighted by Crippen LogP contribution is -2.21. The zero-order valence-electron chi connectivity index (χ0n) is 8.67. The van der Waals surface area contributed by atoms with Gasteiger partial charge >= 0.3 is 0 Å². The molecule has 5 nitrogen and oxygen atoms in total. The maximum atomic E-state index is 13.1. The highest BCUT2D eigenvalue weighted by molar-refractivity contribution is 5.78. The lowest BCUT2D eigenvalue weighted by Gasteiger charge is -2.13. The van der Waals surface area contributed by atoms with Crippen LogP contribution in [0.1, 0.15) is 6.42 Å². The summed E-state index contributed by atoms with van der Waals surface area (Å²) in [4.78, 5) is 6.02. The fourth-order valence-corrected chi connectivity index (χ4v) is 2.04. The Morgan fingerprint density at radius 2 is 2.38 bits per heavy atom. The normalized spacial score (nSPS) is 20.8. The molecule has 1 unspecified atom stereocenters. The summed E-state index contributed by atoms with van der Waals surface area (Å²) in [6.45, 7) is 1.03. The average molecular weight is 221 g/mol. The van der Waals surface area contributed by atoms with Gasteiger partial charge in [0, 0.05) is 18.9 Å². The third kappa shape index (κ3) is 1.30. The van der Waals surface area contributed by atoms with Crippen LogP contribution in [-0.4, -0.2) is 33.9 Å². The van der Waals surface area contributed by atoms with E-state index < -0.39 is 6.17 Å². The van der Waals surface area contributed by atoms with Crippen molar-refractivity contribution in [2.75, 3.05) is 23.7 Å². The summed E-state index contributed by atoms with van der Waals surface area (Å²) < 4.78 is 14.7. The molecule has 3 heterocycles. The van der Waals surface area contributed by atoms with E-state index in [0.29, 0.717) is 36.7 Å². The Hall–Kier alpha value is -1.85. The molecule has 1 saturated heterocycles. The van der Waals surface area contributed by atoms with Gasteiger partial charge in [-0.2, -0.15) is 0 Å². The van der Waals surface area contributed by atoms with Crippen LogP contribution in [0.15, 0.2) is 18.5 Å². The van der Waals surface area contributed by atoms with Crippen LogP contribution in [0.4, 0.5) is 15.9 Å². The van der Waals surface area contributed by atoms with E-state index in [1.807, 2.05) is 4.90 Å². The van der Waals surface area contributed by atoms with Crippen LogP contribution >= 0.6 is 0 Å². The van der Waals surface area contributed by atoms with Gasteiger partial charge in [-0.15, -0.1) is 5.10 Å². The zero-order valence-corrected chi connectivity index (χ0v) is 8.67. The Balaban J connectivity index is 2.07. The van der Waals surface area contributed by atoms with E-state index in [2.05, 4.69) is 10.1 Å². The fourth-order valence-electron chi connectivity index (χ4n) is 2.04. The second-order valence-electron chi connectivity index (χ2n) is 3.96. The smallest absolute Gasteiger partial charge is 0.180 e. The quantitative estimate of drug-likeness (QED) is 0.776. The molecule has 1 aliphatic rings. The molecule has 3 rings (SSSR count). The summed E-state index contributed by atoms with van der Waals surface area (Å²) >= 11 is 0. The van der Waals surface area contributed by atoms with E-state index in [4.69, 9.17) is 5.73 Å². The number of hydrogen-bond acceptors (Lipinski definition) is 4. The minimum Gasteiger partial charge on any atom is -0.393 e. The lowest BCUT2D eigenvalue weighted by molar-refractivity contribution is 0.364. The van der Waals surface area contributed by atoms with Gasteiger partial charge < -0.3 is 10.6 Å². The summed E-state index contributed by atoms with van der Waals surface area (Å²) in [6, 6.07) is 1.78. The Labute approximate surface area is 91.7 Å². The average Bonchev–Trinajstić information content (AvgIpc) is 2.84. The molecule has 2 aromatic rings. The maximum Gasteiger partial charge on any atom is 0.180 e. The van der Waals surface area contributed by atoms with Gasteiger partial charge in [-0.25, -0.2) is 13.9 Å². The van der Waals surface area contributed by atoms with Crippen molar-refractivity contribution in [2.45, 2.75) is 12.6 Å². The van der Waals surface area contributed by atoms with Crippen molar-refractivity contribution in [3.63, 3.8) is 0 Å². The molecule has 0 spiro atoms. The molecule has 0 amide bonds. The van der Waals surface area contributed by atoms with E-state index in [1.54, 1.807) is 23.0 Å². The molecule has 16 heavy (non-hydrogen) atoms. The van der Waals surface area contributed by atoms with Gasteiger partial charge in [-0.3, -0.25) is 0 Å². The second-order valence-corrected chi connectivity index (χ2v) is 3.96. The van der Waals surface area contributed by atoms with Crippen molar-refractivity contribution in [3.8, 4) is 0 Å². The van der Waals surface area contributed by atoms with E-state index >= 15 is 0 Å². The van der Waals surface area contributed by atoms with Crippen molar-refractivity contribution in [3.05, 3.63) is 18.5 Å². The summed E-state index contributed by atoms with van der Waals surface area (Å²) in [5, 5.41) is 4.32. The Bertz CT molecular complexity index is 523. The number of halogens is 1. The fraction of sp³-hybridized carbons (Fsp3) is 0.400. The molecule has 84 valence electrons. The minimum absolute atomic E-state index is 0.369. The van der Waals surface area contributed by atoms with Gasteiger partial charge in [-0.05, 0) is 12.5 Å². The molecular weight excluding hydrogens is 209 g/mol. The molecule has 6 heteroatoms. The predicted octanol–water partition coefficient (Wildman–Crippen LogP) is 0.860. The molecule has 1 aliphatic heterocycles. The standard InChI is InChI=1S/C10H12FN5/c11-7-2-5-15(6-7)10-8(12)9-13-3-1-4-16(9)14-10/h1,3-4,7H,2,5-6,12H2. The van der Waals surface area contributed by atoms with Gasteiger partial charge in [0.25, 0.3) is 0 Å². The van der Waals surface area contributed by atoms with Gasteiger partial charge in [0.1, 0.15) is 11.9 Å². The van der Waals surface area contributed by atoms with Gasteiger partial charge in [0.05, 0.1) is 6.54 Å². The molecule has 2 N–H and O–H groups in total. The number of nitrogen functional groups attached to an aromatic ring is 1. The van der Waals surface area contributed by atoms with Gasteiger partial charge in [0.15, 0.2) is 11.5 Å². The van der Waals surface area contributed by atoms with Crippen molar-refractivity contribution in [2.24, 2.45) is 0 Å². The van der Waals surface area contributed by atoms with E-state index in [1.165, 1.54) is 0 Å². The number of nitrogens with zero attached hydrogens (tertiary/aromatic N) is 4. The van der Waals surface area contributed by atoms with Crippen molar-refractivity contribution in [1.82, 2.24) is 14.6 Å². The Morgan fingerprint density at radius 1 is 1.50 bits per heavy atom. The SMILES string of the molecule is Nc1c(N2CCC(F)C2)nn2cccnc12. The van der Waals surface area contributed by atoms with Crippen LogP contribution in [-0.2, 0) is 0 Å². The molecule has 0 saturated carbocycles. The number of anilines is 2. The first kappa shape index (κ1) is 9.38. The van der Waals surface area contributed by atoms with Crippen LogP contribution in [0.5, 0.6) is 0 Å². The maximum absolute atomic E-state index is 13.1. The number of fused-ring (bicyclic) bond motifs is 1. The van der Waals surface area contributed by atoms with E-state index in [0.717, 1.165) is 0 Å². The largest absolute Gasteiger partial charge is 0.393 e. The van der Waals surface area contributed by atoms with Crippen LogP contribution in [0, 0.1) is 0 Å². The number of hydrogen-bond donors (Lipinski definition) is 1. The molecule has 2 aromatic heterocycles. The van der Waals surface area contributed by atoms with E-state index in [9.17, 15) is 4.39 Å². The van der Waals surface area contributed by atoms with Crippen molar-refractivity contribution >= 4 is 17.2 Å². The highest BCUT2D eigenvalue weighted by atomic mass is 19.1. The van der Waals surface area contributed by atoms with Crippen LogP contribution in [0.25, 0.3) is 5.65 Å². The molecule has 0 bridgehead atoms. The number of nitrogens with two attached hydrogens (primary N) is 1. The van der Waals surface area contributed by atoms with Crippen LogP contribution < -0.4 is 10.6 Å². The third-order valence-electron chi connectivity index (χ3n) is 2.84. The first-order chi connectivity index (χ1) is 7.75. The second kappa shape index (κ2) is 3.33. The molecule has 0 aromatic carbocycles. The van der Waals surface area contributed by atoms with Crippen molar-refractivity contribution < 1.29 is 4.39 Å². The summed E-state index contributed by atoms with van der Waals surface area (Å²) in [7, 11) is 0. The topological polar surface area (TPSA) is 59.5 Å². The Morgan fingerprint density at radius 3 is 3.06 bits per heavy atom. The summed E-state index contributed by atoms with van der Waals surface area (Å²) in [5.74, 6) is 0.638. The van der Waals surface area contributed by atoms with Crippen molar-refractivity contribution in [1.29, 1.82) is 0 Å².